The predicted octanol–water partition coefficient (Wildman–Crippen LogP) is 2.49. The summed E-state index contributed by atoms with van der Waals surface area (Å²) < 4.78 is 0. The first-order chi connectivity index (χ1) is 7.74. The van der Waals surface area contributed by atoms with E-state index >= 15 is 0 Å². The summed E-state index contributed by atoms with van der Waals surface area (Å²) in [5.74, 6) is 0.927. The Balaban J connectivity index is 1.74. The second-order valence-corrected chi connectivity index (χ2v) is 5.39. The monoisotopic (exact) mass is 220 g/mol. The van der Waals surface area contributed by atoms with Crippen LogP contribution in [0.2, 0.25) is 0 Å². The van der Waals surface area contributed by atoms with Gasteiger partial charge in [0, 0.05) is 20.1 Å². The van der Waals surface area contributed by atoms with Gasteiger partial charge in [-0.05, 0) is 57.5 Å². The number of rotatable bonds is 3. The van der Waals surface area contributed by atoms with Crippen LogP contribution in [-0.2, 0) is 0 Å². The van der Waals surface area contributed by atoms with E-state index in [1.165, 1.54) is 38.8 Å². The van der Waals surface area contributed by atoms with E-state index in [4.69, 9.17) is 0 Å². The molecule has 0 bridgehead atoms. The van der Waals surface area contributed by atoms with E-state index in [1.807, 2.05) is 0 Å². The minimum absolute atomic E-state index is 0.927. The van der Waals surface area contributed by atoms with Crippen molar-refractivity contribution >= 4 is 0 Å². The van der Waals surface area contributed by atoms with Gasteiger partial charge in [0.25, 0.3) is 0 Å². The quantitative estimate of drug-likeness (QED) is 0.721. The van der Waals surface area contributed by atoms with E-state index in [0.29, 0.717) is 0 Å². The smallest absolute Gasteiger partial charge is 0.0383 e. The molecule has 0 aromatic carbocycles. The second kappa shape index (κ2) is 5.53. The maximum Gasteiger partial charge on any atom is 0.0383 e. The molecule has 2 nitrogen and oxygen atoms in total. The van der Waals surface area contributed by atoms with E-state index < -0.39 is 0 Å². The van der Waals surface area contributed by atoms with Crippen LogP contribution in [0, 0.1) is 5.92 Å². The Kier molecular flexibility index (Phi) is 4.05. The molecule has 0 radical (unpaired) electrons. The molecule has 1 fully saturated rings. The lowest BCUT2D eigenvalue weighted by molar-refractivity contribution is 0.202. The molecular formula is C14H24N2. The van der Waals surface area contributed by atoms with Gasteiger partial charge in [0.2, 0.25) is 0 Å². The van der Waals surface area contributed by atoms with Gasteiger partial charge in [-0.15, -0.1) is 0 Å². The molecule has 0 aromatic rings. The zero-order valence-electron chi connectivity index (χ0n) is 10.7. The Hall–Kier alpha value is -0.760. The Morgan fingerprint density at radius 1 is 1.38 bits per heavy atom. The lowest BCUT2D eigenvalue weighted by Crippen LogP contribution is -2.32. The molecule has 2 heterocycles. The van der Waals surface area contributed by atoms with Crippen LogP contribution in [0.25, 0.3) is 0 Å². The summed E-state index contributed by atoms with van der Waals surface area (Å²) >= 11 is 0. The fourth-order valence-corrected chi connectivity index (χ4v) is 2.81. The molecule has 1 atom stereocenters. The van der Waals surface area contributed by atoms with E-state index in [1.54, 1.807) is 5.57 Å². The van der Waals surface area contributed by atoms with Crippen molar-refractivity contribution in [3.8, 4) is 0 Å². The van der Waals surface area contributed by atoms with Gasteiger partial charge >= 0.3 is 0 Å². The third kappa shape index (κ3) is 3.38. The van der Waals surface area contributed by atoms with Gasteiger partial charge in [0.05, 0.1) is 0 Å². The Morgan fingerprint density at radius 2 is 2.25 bits per heavy atom. The number of piperidine rings is 1. The average Bonchev–Trinajstić information content (AvgIpc) is 2.27. The lowest BCUT2D eigenvalue weighted by Gasteiger charge is -2.30. The predicted molar refractivity (Wildman–Crippen MR) is 69.3 cm³/mol. The van der Waals surface area contributed by atoms with E-state index in [-0.39, 0.29) is 0 Å². The van der Waals surface area contributed by atoms with E-state index in [2.05, 4.69) is 42.2 Å². The summed E-state index contributed by atoms with van der Waals surface area (Å²) in [7, 11) is 4.40. The summed E-state index contributed by atoms with van der Waals surface area (Å²) in [6, 6.07) is 0. The molecule has 16 heavy (non-hydrogen) atoms. The van der Waals surface area contributed by atoms with Crippen LogP contribution in [0.5, 0.6) is 0 Å². The van der Waals surface area contributed by atoms with E-state index in [9.17, 15) is 0 Å². The zero-order chi connectivity index (χ0) is 11.4. The first-order valence-electron chi connectivity index (χ1n) is 6.49. The molecule has 0 spiro atoms. The Bertz CT molecular complexity index is 280. The minimum Gasteiger partial charge on any atom is -0.376 e. The van der Waals surface area contributed by atoms with Crippen molar-refractivity contribution in [2.75, 3.05) is 33.7 Å². The number of likely N-dealkylation sites (N-methyl/N-ethyl adjacent to an activating group) is 1. The average molecular weight is 220 g/mol. The highest BCUT2D eigenvalue weighted by Crippen LogP contribution is 2.23. The summed E-state index contributed by atoms with van der Waals surface area (Å²) in [6.07, 6.45) is 12.1. The maximum absolute atomic E-state index is 2.48. The summed E-state index contributed by atoms with van der Waals surface area (Å²) in [5, 5.41) is 0. The number of hydrogen-bond donors (Lipinski definition) is 0. The molecule has 0 aliphatic carbocycles. The molecule has 90 valence electrons. The third-order valence-electron chi connectivity index (χ3n) is 3.72. The van der Waals surface area contributed by atoms with Crippen molar-refractivity contribution in [3.05, 3.63) is 23.9 Å². The number of likely N-dealkylation sites (tertiary alicyclic amines) is 1. The molecule has 2 rings (SSSR count). The molecule has 0 saturated carbocycles. The topological polar surface area (TPSA) is 6.48 Å². The van der Waals surface area contributed by atoms with E-state index in [0.717, 1.165) is 12.5 Å². The lowest BCUT2D eigenvalue weighted by atomic mass is 9.91. The highest BCUT2D eigenvalue weighted by molar-refractivity contribution is 5.18. The number of nitrogens with zero attached hydrogens (tertiary/aromatic N) is 2. The van der Waals surface area contributed by atoms with Crippen molar-refractivity contribution in [3.63, 3.8) is 0 Å². The van der Waals surface area contributed by atoms with Gasteiger partial charge in [0.15, 0.2) is 0 Å². The van der Waals surface area contributed by atoms with Crippen molar-refractivity contribution in [2.24, 2.45) is 5.92 Å². The normalized spacial score (nSPS) is 27.0. The third-order valence-corrected chi connectivity index (χ3v) is 3.72. The molecular weight excluding hydrogens is 196 g/mol. The van der Waals surface area contributed by atoms with Crippen molar-refractivity contribution in [1.29, 1.82) is 0 Å². The van der Waals surface area contributed by atoms with Crippen LogP contribution < -0.4 is 0 Å². The van der Waals surface area contributed by atoms with Gasteiger partial charge in [-0.2, -0.15) is 0 Å². The van der Waals surface area contributed by atoms with Crippen LogP contribution in [-0.4, -0.2) is 43.5 Å². The second-order valence-electron chi connectivity index (χ2n) is 5.39. The van der Waals surface area contributed by atoms with Crippen molar-refractivity contribution in [2.45, 2.75) is 25.7 Å². The highest BCUT2D eigenvalue weighted by atomic mass is 15.1. The van der Waals surface area contributed by atoms with Crippen LogP contribution >= 0.6 is 0 Å². The fourth-order valence-electron chi connectivity index (χ4n) is 2.81. The molecule has 2 aliphatic heterocycles. The largest absolute Gasteiger partial charge is 0.376 e. The maximum atomic E-state index is 2.48. The van der Waals surface area contributed by atoms with Crippen LogP contribution in [0.4, 0.5) is 0 Å². The first-order valence-corrected chi connectivity index (χ1v) is 6.49. The number of hydrogen-bond acceptors (Lipinski definition) is 2. The summed E-state index contributed by atoms with van der Waals surface area (Å²) in [4.78, 5) is 4.75. The Morgan fingerprint density at radius 3 is 3.00 bits per heavy atom. The van der Waals surface area contributed by atoms with Gasteiger partial charge in [0.1, 0.15) is 0 Å². The minimum atomic E-state index is 0.927. The van der Waals surface area contributed by atoms with Gasteiger partial charge in [-0.1, -0.05) is 11.6 Å². The molecule has 1 saturated heterocycles. The Labute approximate surface area is 99.6 Å². The van der Waals surface area contributed by atoms with Gasteiger partial charge in [-0.3, -0.25) is 0 Å². The zero-order valence-corrected chi connectivity index (χ0v) is 10.7. The molecule has 1 unspecified atom stereocenters. The van der Waals surface area contributed by atoms with Crippen LogP contribution in [0.1, 0.15) is 25.7 Å². The first kappa shape index (κ1) is 11.7. The fraction of sp³-hybridized carbons (Fsp3) is 0.714. The van der Waals surface area contributed by atoms with Crippen molar-refractivity contribution in [1.82, 2.24) is 9.80 Å². The molecule has 0 amide bonds. The standard InChI is InChI=1S/C14H24N2/c1-15-9-3-5-13(11-15)7-8-14-6-4-10-16(2)12-14/h3,5,9,14H,4,6-8,10-12H2,1-2H3. The summed E-state index contributed by atoms with van der Waals surface area (Å²) in [6.45, 7) is 3.72. The molecule has 0 aromatic heterocycles. The van der Waals surface area contributed by atoms with Crippen LogP contribution in [0.3, 0.4) is 0 Å². The molecule has 2 aliphatic rings. The summed E-state index contributed by atoms with van der Waals surface area (Å²) in [5.41, 5.74) is 1.60. The van der Waals surface area contributed by atoms with Gasteiger partial charge in [-0.25, -0.2) is 0 Å². The number of allylic oxidation sites excluding steroid dienone is 2. The van der Waals surface area contributed by atoms with Gasteiger partial charge < -0.3 is 9.80 Å². The molecule has 0 N–H and O–H groups in total. The molecule has 2 heteroatoms. The van der Waals surface area contributed by atoms with Crippen molar-refractivity contribution < 1.29 is 0 Å². The van der Waals surface area contributed by atoms with Crippen LogP contribution in [0.15, 0.2) is 23.9 Å². The SMILES string of the molecule is CN1C=CC=C(CCC2CCCN(C)C2)C1. The highest BCUT2D eigenvalue weighted by Gasteiger charge is 2.17.